The Labute approximate surface area is 174 Å². The SMILES string of the molecule is CC(C)(C)c1ccc(OCCCC(=O)N2CCC(CNC(=O)CC#N)CC2)cc1. The van der Waals surface area contributed by atoms with Crippen LogP contribution < -0.4 is 10.1 Å². The van der Waals surface area contributed by atoms with Crippen LogP contribution in [0.4, 0.5) is 0 Å². The number of nitrogens with zero attached hydrogens (tertiary/aromatic N) is 2. The van der Waals surface area contributed by atoms with Gasteiger partial charge >= 0.3 is 0 Å². The van der Waals surface area contributed by atoms with Crippen LogP contribution in [0.1, 0.15) is 58.4 Å². The molecule has 0 atom stereocenters. The second-order valence-corrected chi connectivity index (χ2v) is 8.69. The van der Waals surface area contributed by atoms with Crippen molar-refractivity contribution < 1.29 is 14.3 Å². The molecule has 6 nitrogen and oxygen atoms in total. The minimum Gasteiger partial charge on any atom is -0.494 e. The van der Waals surface area contributed by atoms with Gasteiger partial charge in [0.1, 0.15) is 12.2 Å². The lowest BCUT2D eigenvalue weighted by molar-refractivity contribution is -0.133. The summed E-state index contributed by atoms with van der Waals surface area (Å²) in [4.78, 5) is 25.7. The number of carbonyl (C=O) groups is 2. The van der Waals surface area contributed by atoms with Crippen LogP contribution in [-0.2, 0) is 15.0 Å². The fraction of sp³-hybridized carbons (Fsp3) is 0.609. The number of nitrogens with one attached hydrogen (secondary N) is 1. The van der Waals surface area contributed by atoms with E-state index >= 15 is 0 Å². The molecule has 0 aromatic heterocycles. The molecule has 158 valence electrons. The Morgan fingerprint density at radius 3 is 2.45 bits per heavy atom. The Morgan fingerprint density at radius 2 is 1.86 bits per heavy atom. The van der Waals surface area contributed by atoms with E-state index in [9.17, 15) is 9.59 Å². The van der Waals surface area contributed by atoms with Crippen LogP contribution in [0.25, 0.3) is 0 Å². The number of ether oxygens (including phenoxy) is 1. The van der Waals surface area contributed by atoms with Crippen LogP contribution in [0, 0.1) is 17.2 Å². The number of hydrogen-bond acceptors (Lipinski definition) is 4. The van der Waals surface area contributed by atoms with E-state index in [1.807, 2.05) is 23.1 Å². The number of piperidine rings is 1. The van der Waals surface area contributed by atoms with Gasteiger partial charge in [0.05, 0.1) is 12.7 Å². The molecule has 0 unspecified atom stereocenters. The number of rotatable bonds is 8. The van der Waals surface area contributed by atoms with Crippen LogP contribution in [0.15, 0.2) is 24.3 Å². The molecule has 0 spiro atoms. The lowest BCUT2D eigenvalue weighted by atomic mass is 9.87. The highest BCUT2D eigenvalue weighted by atomic mass is 16.5. The van der Waals surface area contributed by atoms with Gasteiger partial charge in [-0.15, -0.1) is 0 Å². The number of amides is 2. The summed E-state index contributed by atoms with van der Waals surface area (Å²) in [5.74, 6) is 1.16. The van der Waals surface area contributed by atoms with Gasteiger partial charge in [0.2, 0.25) is 11.8 Å². The summed E-state index contributed by atoms with van der Waals surface area (Å²) in [6.07, 6.45) is 2.86. The number of hydrogen-bond donors (Lipinski definition) is 1. The monoisotopic (exact) mass is 399 g/mol. The molecule has 1 aromatic carbocycles. The minimum absolute atomic E-state index is 0.0971. The van der Waals surface area contributed by atoms with Crippen LogP contribution in [0.3, 0.4) is 0 Å². The fourth-order valence-corrected chi connectivity index (χ4v) is 3.40. The summed E-state index contributed by atoms with van der Waals surface area (Å²) in [5.41, 5.74) is 1.40. The van der Waals surface area contributed by atoms with E-state index in [0.29, 0.717) is 31.9 Å². The third-order valence-corrected chi connectivity index (χ3v) is 5.32. The van der Waals surface area contributed by atoms with Crippen molar-refractivity contribution >= 4 is 11.8 Å². The molecule has 1 aliphatic heterocycles. The lowest BCUT2D eigenvalue weighted by Crippen LogP contribution is -2.41. The average molecular weight is 400 g/mol. The van der Waals surface area contributed by atoms with Crippen molar-refractivity contribution in [3.8, 4) is 11.8 Å². The van der Waals surface area contributed by atoms with Gasteiger partial charge in [-0.25, -0.2) is 0 Å². The third kappa shape index (κ3) is 7.77. The number of nitriles is 1. The topological polar surface area (TPSA) is 82.4 Å². The summed E-state index contributed by atoms with van der Waals surface area (Å²) in [6.45, 7) is 9.12. The van der Waals surface area contributed by atoms with Gasteiger partial charge in [0.25, 0.3) is 0 Å². The molecule has 1 fully saturated rings. The summed E-state index contributed by atoms with van der Waals surface area (Å²) in [7, 11) is 0. The molecule has 0 aliphatic carbocycles. The van der Waals surface area contributed by atoms with Crippen LogP contribution in [0.2, 0.25) is 0 Å². The van der Waals surface area contributed by atoms with Crippen molar-refractivity contribution in [1.82, 2.24) is 10.2 Å². The zero-order valence-corrected chi connectivity index (χ0v) is 17.9. The second-order valence-electron chi connectivity index (χ2n) is 8.69. The summed E-state index contributed by atoms with van der Waals surface area (Å²) < 4.78 is 5.77. The highest BCUT2D eigenvalue weighted by Gasteiger charge is 2.22. The molecule has 29 heavy (non-hydrogen) atoms. The third-order valence-electron chi connectivity index (χ3n) is 5.32. The highest BCUT2D eigenvalue weighted by Crippen LogP contribution is 2.24. The van der Waals surface area contributed by atoms with Crippen LogP contribution in [0.5, 0.6) is 5.75 Å². The quantitative estimate of drug-likeness (QED) is 0.679. The molecule has 1 aliphatic rings. The van der Waals surface area contributed by atoms with Crippen molar-refractivity contribution in [2.75, 3.05) is 26.2 Å². The Kier molecular flexibility index (Phi) is 8.50. The summed E-state index contributed by atoms with van der Waals surface area (Å²) >= 11 is 0. The molecule has 2 rings (SSSR count). The minimum atomic E-state index is -0.223. The van der Waals surface area contributed by atoms with E-state index in [2.05, 4.69) is 38.2 Å². The van der Waals surface area contributed by atoms with Gasteiger partial charge in [-0.05, 0) is 48.3 Å². The molecule has 1 N–H and O–H groups in total. The van der Waals surface area contributed by atoms with E-state index in [-0.39, 0.29) is 23.7 Å². The highest BCUT2D eigenvalue weighted by molar-refractivity contribution is 5.78. The van der Waals surface area contributed by atoms with Crippen LogP contribution >= 0.6 is 0 Å². The van der Waals surface area contributed by atoms with E-state index in [0.717, 1.165) is 31.7 Å². The zero-order chi connectivity index (χ0) is 21.3. The maximum Gasteiger partial charge on any atom is 0.234 e. The molecule has 2 amide bonds. The molecule has 0 bridgehead atoms. The number of benzene rings is 1. The Hall–Kier alpha value is -2.55. The van der Waals surface area contributed by atoms with E-state index in [4.69, 9.17) is 10.00 Å². The Morgan fingerprint density at radius 1 is 1.21 bits per heavy atom. The van der Waals surface area contributed by atoms with Gasteiger partial charge in [-0.3, -0.25) is 9.59 Å². The molecule has 0 radical (unpaired) electrons. The van der Waals surface area contributed by atoms with Crippen molar-refractivity contribution in [1.29, 1.82) is 5.26 Å². The van der Waals surface area contributed by atoms with E-state index in [1.165, 1.54) is 5.56 Å². The first-order chi connectivity index (χ1) is 13.8. The molecular weight excluding hydrogens is 366 g/mol. The summed E-state index contributed by atoms with van der Waals surface area (Å²) in [6, 6.07) is 10.0. The molecular formula is C23H33N3O3. The summed E-state index contributed by atoms with van der Waals surface area (Å²) in [5, 5.41) is 11.3. The van der Waals surface area contributed by atoms with Gasteiger partial charge in [-0.1, -0.05) is 32.9 Å². The first-order valence-electron chi connectivity index (χ1n) is 10.4. The average Bonchev–Trinajstić information content (AvgIpc) is 2.70. The van der Waals surface area contributed by atoms with Gasteiger partial charge < -0.3 is 15.0 Å². The molecule has 6 heteroatoms. The molecule has 0 saturated carbocycles. The maximum absolute atomic E-state index is 12.4. The number of likely N-dealkylation sites (tertiary alicyclic amines) is 1. The predicted octanol–water partition coefficient (Wildman–Crippen LogP) is 3.41. The normalized spacial score (nSPS) is 14.9. The van der Waals surface area contributed by atoms with Gasteiger partial charge in [0, 0.05) is 26.1 Å². The van der Waals surface area contributed by atoms with Crippen LogP contribution in [-0.4, -0.2) is 43.0 Å². The number of carbonyl (C=O) groups excluding carboxylic acids is 2. The smallest absolute Gasteiger partial charge is 0.234 e. The first-order valence-corrected chi connectivity index (χ1v) is 10.4. The fourth-order valence-electron chi connectivity index (χ4n) is 3.40. The Bertz CT molecular complexity index is 708. The van der Waals surface area contributed by atoms with E-state index < -0.39 is 0 Å². The molecule has 1 heterocycles. The van der Waals surface area contributed by atoms with Crippen molar-refractivity contribution in [2.45, 2.75) is 58.3 Å². The Balaban J connectivity index is 1.61. The predicted molar refractivity (Wildman–Crippen MR) is 112 cm³/mol. The van der Waals surface area contributed by atoms with E-state index in [1.54, 1.807) is 0 Å². The first kappa shape index (κ1) is 22.7. The van der Waals surface area contributed by atoms with Crippen molar-refractivity contribution in [2.24, 2.45) is 5.92 Å². The van der Waals surface area contributed by atoms with Gasteiger partial charge in [0.15, 0.2) is 0 Å². The largest absolute Gasteiger partial charge is 0.494 e. The molecule has 1 aromatic rings. The second kappa shape index (κ2) is 10.8. The van der Waals surface area contributed by atoms with Crippen molar-refractivity contribution in [3.63, 3.8) is 0 Å². The lowest BCUT2D eigenvalue weighted by Gasteiger charge is -2.32. The molecule has 1 saturated heterocycles. The standard InChI is InChI=1S/C23H33N3O3/c1-23(2,3)19-6-8-20(9-7-19)29-16-4-5-22(28)26-14-11-18(12-15-26)17-25-21(27)10-13-24/h6-9,18H,4-5,10-12,14-17H2,1-3H3,(H,25,27). The van der Waals surface area contributed by atoms with Gasteiger partial charge in [-0.2, -0.15) is 5.26 Å². The maximum atomic E-state index is 12.4. The zero-order valence-electron chi connectivity index (χ0n) is 17.9. The van der Waals surface area contributed by atoms with Crippen molar-refractivity contribution in [3.05, 3.63) is 29.8 Å².